The number of hydrogen-bond acceptors (Lipinski definition) is 3. The van der Waals surface area contributed by atoms with Crippen molar-refractivity contribution in [3.8, 4) is 5.75 Å². The predicted molar refractivity (Wildman–Crippen MR) is 108 cm³/mol. The molecule has 0 aliphatic rings. The van der Waals surface area contributed by atoms with Gasteiger partial charge in [-0.15, -0.1) is 0 Å². The van der Waals surface area contributed by atoms with Crippen molar-refractivity contribution in [2.45, 2.75) is 25.7 Å². The summed E-state index contributed by atoms with van der Waals surface area (Å²) >= 11 is 10.5. The van der Waals surface area contributed by atoms with Crippen molar-refractivity contribution in [1.29, 1.82) is 0 Å². The molecule has 1 N–H and O–H groups in total. The summed E-state index contributed by atoms with van der Waals surface area (Å²) < 4.78 is 7.71. The molecule has 24 heavy (non-hydrogen) atoms. The lowest BCUT2D eigenvalue weighted by Gasteiger charge is -2.13. The standard InChI is InChI=1S/C17H19Br3N2O2/c1-21-17(23)13-10-14(24-9-5-3-2-4-8-18)15-11(19)6-7-12(20)16(15)22-13/h6-7,10H,2-5,8-9H2,1H3,(H,21,23). The van der Waals surface area contributed by atoms with Crippen LogP contribution in [-0.2, 0) is 0 Å². The van der Waals surface area contributed by atoms with Crippen molar-refractivity contribution in [2.75, 3.05) is 19.0 Å². The van der Waals surface area contributed by atoms with Crippen LogP contribution < -0.4 is 10.1 Å². The van der Waals surface area contributed by atoms with Gasteiger partial charge < -0.3 is 10.1 Å². The number of benzene rings is 1. The summed E-state index contributed by atoms with van der Waals surface area (Å²) in [7, 11) is 1.59. The fraction of sp³-hybridized carbons (Fsp3) is 0.412. The summed E-state index contributed by atoms with van der Waals surface area (Å²) in [5.41, 5.74) is 1.05. The normalized spacial score (nSPS) is 10.8. The number of aromatic nitrogens is 1. The zero-order valence-corrected chi connectivity index (χ0v) is 18.1. The zero-order valence-electron chi connectivity index (χ0n) is 13.4. The number of carbonyl (C=O) groups is 1. The van der Waals surface area contributed by atoms with E-state index in [0.29, 0.717) is 23.6 Å². The first kappa shape index (κ1) is 19.7. The van der Waals surface area contributed by atoms with Crippen LogP contribution in [0.25, 0.3) is 10.9 Å². The molecule has 0 fully saturated rings. The highest BCUT2D eigenvalue weighted by Gasteiger charge is 2.16. The summed E-state index contributed by atoms with van der Waals surface area (Å²) in [5, 5.41) is 4.52. The smallest absolute Gasteiger partial charge is 0.269 e. The molecule has 2 rings (SSSR count). The number of alkyl halides is 1. The number of hydrogen-bond donors (Lipinski definition) is 1. The highest BCUT2D eigenvalue weighted by molar-refractivity contribution is 9.11. The molecule has 0 aliphatic carbocycles. The Bertz CT molecular complexity index is 723. The number of rotatable bonds is 8. The molecule has 1 aromatic heterocycles. The second-order valence-corrected chi connectivity index (χ2v) is 7.79. The van der Waals surface area contributed by atoms with E-state index in [2.05, 4.69) is 58.1 Å². The Kier molecular flexibility index (Phi) is 7.97. The van der Waals surface area contributed by atoms with Crippen molar-refractivity contribution in [3.63, 3.8) is 0 Å². The second-order valence-electron chi connectivity index (χ2n) is 5.29. The summed E-state index contributed by atoms with van der Waals surface area (Å²) in [5.74, 6) is 0.443. The van der Waals surface area contributed by atoms with Gasteiger partial charge in [-0.1, -0.05) is 28.8 Å². The maximum atomic E-state index is 12.0. The lowest BCUT2D eigenvalue weighted by molar-refractivity contribution is 0.0958. The quantitative estimate of drug-likeness (QED) is 0.370. The van der Waals surface area contributed by atoms with Gasteiger partial charge in [0.25, 0.3) is 5.91 Å². The van der Waals surface area contributed by atoms with Gasteiger partial charge in [-0.3, -0.25) is 4.79 Å². The fourth-order valence-corrected chi connectivity index (χ4v) is 3.66. The minimum absolute atomic E-state index is 0.231. The Balaban J connectivity index is 2.28. The summed E-state index contributed by atoms with van der Waals surface area (Å²) in [6, 6.07) is 5.55. The number of unbranched alkanes of at least 4 members (excludes halogenated alkanes) is 3. The average Bonchev–Trinajstić information content (AvgIpc) is 2.60. The Morgan fingerprint density at radius 1 is 1.17 bits per heavy atom. The van der Waals surface area contributed by atoms with E-state index >= 15 is 0 Å². The zero-order chi connectivity index (χ0) is 17.5. The number of pyridine rings is 1. The average molecular weight is 523 g/mol. The summed E-state index contributed by atoms with van der Waals surface area (Å²) in [6.45, 7) is 0.619. The van der Waals surface area contributed by atoms with Crippen molar-refractivity contribution < 1.29 is 9.53 Å². The number of fused-ring (bicyclic) bond motifs is 1. The van der Waals surface area contributed by atoms with Gasteiger partial charge in [0.15, 0.2) is 0 Å². The highest BCUT2D eigenvalue weighted by Crippen LogP contribution is 2.36. The van der Waals surface area contributed by atoms with Gasteiger partial charge in [0, 0.05) is 27.4 Å². The molecule has 1 aromatic carbocycles. The van der Waals surface area contributed by atoms with Crippen LogP contribution in [0.2, 0.25) is 0 Å². The van der Waals surface area contributed by atoms with E-state index in [9.17, 15) is 4.79 Å². The van der Waals surface area contributed by atoms with Crippen molar-refractivity contribution in [1.82, 2.24) is 10.3 Å². The molecule has 0 spiro atoms. The minimum atomic E-state index is -0.231. The van der Waals surface area contributed by atoms with Gasteiger partial charge in [-0.05, 0) is 56.8 Å². The molecule has 130 valence electrons. The van der Waals surface area contributed by atoms with Gasteiger partial charge in [-0.2, -0.15) is 0 Å². The molecule has 1 heterocycles. The molecule has 0 unspecified atom stereocenters. The molecule has 4 nitrogen and oxygen atoms in total. The first-order chi connectivity index (χ1) is 11.6. The van der Waals surface area contributed by atoms with E-state index in [1.165, 1.54) is 12.8 Å². The molecule has 0 radical (unpaired) electrons. The SMILES string of the molecule is CNC(=O)c1cc(OCCCCCCBr)c2c(Br)ccc(Br)c2n1. The van der Waals surface area contributed by atoms with E-state index in [-0.39, 0.29) is 5.91 Å². The molecule has 0 saturated carbocycles. The molecule has 1 amide bonds. The van der Waals surface area contributed by atoms with Gasteiger partial charge >= 0.3 is 0 Å². The van der Waals surface area contributed by atoms with E-state index in [0.717, 1.165) is 32.5 Å². The van der Waals surface area contributed by atoms with E-state index in [1.54, 1.807) is 13.1 Å². The van der Waals surface area contributed by atoms with Crippen molar-refractivity contribution >= 4 is 64.6 Å². The highest BCUT2D eigenvalue weighted by atomic mass is 79.9. The number of carbonyl (C=O) groups excluding carboxylic acids is 1. The molecular weight excluding hydrogens is 504 g/mol. The minimum Gasteiger partial charge on any atom is -0.493 e. The number of nitrogens with zero attached hydrogens (tertiary/aromatic N) is 1. The van der Waals surface area contributed by atoms with Crippen LogP contribution in [0.1, 0.15) is 36.2 Å². The van der Waals surface area contributed by atoms with Crippen LogP contribution in [0.4, 0.5) is 0 Å². The maximum Gasteiger partial charge on any atom is 0.269 e. The molecule has 0 saturated heterocycles. The Labute approximate surface area is 167 Å². The summed E-state index contributed by atoms with van der Waals surface area (Å²) in [6.07, 6.45) is 4.47. The number of amides is 1. The number of halogens is 3. The second kappa shape index (κ2) is 9.73. The van der Waals surface area contributed by atoms with E-state index in [1.807, 2.05) is 12.1 Å². The third kappa shape index (κ3) is 4.92. The Morgan fingerprint density at radius 2 is 1.88 bits per heavy atom. The molecule has 0 aliphatic heterocycles. The molecule has 7 heteroatoms. The van der Waals surface area contributed by atoms with Crippen LogP contribution in [0.3, 0.4) is 0 Å². The molecule has 0 atom stereocenters. The van der Waals surface area contributed by atoms with Crippen molar-refractivity contribution in [3.05, 3.63) is 32.8 Å². The molecular formula is C17H19Br3N2O2. The molecule has 2 aromatic rings. The monoisotopic (exact) mass is 520 g/mol. The third-order valence-corrected chi connectivity index (χ3v) is 5.43. The van der Waals surface area contributed by atoms with Gasteiger partial charge in [-0.25, -0.2) is 4.98 Å². The summed E-state index contributed by atoms with van der Waals surface area (Å²) in [4.78, 5) is 16.5. The third-order valence-electron chi connectivity index (χ3n) is 3.57. The predicted octanol–water partition coefficient (Wildman–Crippen LogP) is 5.45. The number of ether oxygens (including phenoxy) is 1. The Hall–Kier alpha value is -0.660. The lowest BCUT2D eigenvalue weighted by atomic mass is 10.1. The van der Waals surface area contributed by atoms with Crippen LogP contribution in [0.15, 0.2) is 27.1 Å². The first-order valence-corrected chi connectivity index (χ1v) is 10.5. The lowest BCUT2D eigenvalue weighted by Crippen LogP contribution is -2.19. The maximum absolute atomic E-state index is 12.0. The topological polar surface area (TPSA) is 51.2 Å². The van der Waals surface area contributed by atoms with Gasteiger partial charge in [0.05, 0.1) is 17.5 Å². The Morgan fingerprint density at radius 3 is 2.58 bits per heavy atom. The van der Waals surface area contributed by atoms with Gasteiger partial charge in [0.2, 0.25) is 0 Å². The first-order valence-electron chi connectivity index (χ1n) is 7.78. The largest absolute Gasteiger partial charge is 0.493 e. The van der Waals surface area contributed by atoms with Crippen LogP contribution in [-0.4, -0.2) is 29.9 Å². The van der Waals surface area contributed by atoms with Gasteiger partial charge in [0.1, 0.15) is 11.4 Å². The van der Waals surface area contributed by atoms with E-state index < -0.39 is 0 Å². The number of nitrogens with one attached hydrogen (secondary N) is 1. The van der Waals surface area contributed by atoms with Crippen molar-refractivity contribution in [2.24, 2.45) is 0 Å². The van der Waals surface area contributed by atoms with E-state index in [4.69, 9.17) is 4.74 Å². The van der Waals surface area contributed by atoms with Crippen LogP contribution in [0, 0.1) is 0 Å². The van der Waals surface area contributed by atoms with Crippen LogP contribution >= 0.6 is 47.8 Å². The molecule has 0 bridgehead atoms. The fourth-order valence-electron chi connectivity index (χ4n) is 2.32. The van der Waals surface area contributed by atoms with Crippen LogP contribution in [0.5, 0.6) is 5.75 Å².